The van der Waals surface area contributed by atoms with E-state index >= 15 is 0 Å². The summed E-state index contributed by atoms with van der Waals surface area (Å²) >= 11 is 0. The molecule has 2 unspecified atom stereocenters. The van der Waals surface area contributed by atoms with E-state index < -0.39 is 0 Å². The Bertz CT molecular complexity index is 502. The van der Waals surface area contributed by atoms with Crippen molar-refractivity contribution in [2.75, 3.05) is 40.5 Å². The Kier molecular flexibility index (Phi) is 8.05. The number of ether oxygens (including phenoxy) is 2. The predicted molar refractivity (Wildman–Crippen MR) is 98.5 cm³/mol. The Morgan fingerprint density at radius 1 is 1.29 bits per heavy atom. The quantitative estimate of drug-likeness (QED) is 0.458. The van der Waals surface area contributed by atoms with Gasteiger partial charge in [-0.1, -0.05) is 29.8 Å². The second kappa shape index (κ2) is 10.3. The number of aliphatic imine (C=N–C) groups is 1. The number of aryl methyl sites for hydroxylation is 1. The molecule has 134 valence electrons. The average molecular weight is 333 g/mol. The largest absolute Gasteiger partial charge is 0.385 e. The number of hydrogen-bond acceptors (Lipinski definition) is 3. The Balaban J connectivity index is 1.87. The molecule has 0 spiro atoms. The van der Waals surface area contributed by atoms with Crippen molar-refractivity contribution >= 4 is 5.96 Å². The number of nitrogens with zero attached hydrogens (tertiary/aromatic N) is 1. The monoisotopic (exact) mass is 333 g/mol. The molecule has 2 atom stereocenters. The van der Waals surface area contributed by atoms with E-state index in [1.54, 1.807) is 14.2 Å². The first-order valence-electron chi connectivity index (χ1n) is 8.86. The summed E-state index contributed by atoms with van der Waals surface area (Å²) in [7, 11) is 3.53. The number of guanidine groups is 1. The lowest BCUT2D eigenvalue weighted by molar-refractivity contribution is -0.0265. The van der Waals surface area contributed by atoms with Crippen LogP contribution in [0, 0.1) is 12.8 Å². The maximum Gasteiger partial charge on any atom is 0.190 e. The SMILES string of the molecule is CN=C(NCCCOC)NCC1CCCOC1c1ccc(C)cc1. The van der Waals surface area contributed by atoms with Crippen LogP contribution in [0.5, 0.6) is 0 Å². The molecule has 0 amide bonds. The normalized spacial score (nSPS) is 21.5. The lowest BCUT2D eigenvalue weighted by Gasteiger charge is -2.32. The molecule has 2 N–H and O–H groups in total. The zero-order valence-electron chi connectivity index (χ0n) is 15.2. The van der Waals surface area contributed by atoms with Gasteiger partial charge in [-0.2, -0.15) is 0 Å². The van der Waals surface area contributed by atoms with Crippen LogP contribution in [0.2, 0.25) is 0 Å². The number of methoxy groups -OCH3 is 1. The third-order valence-electron chi connectivity index (χ3n) is 4.42. The molecule has 0 saturated carbocycles. The molecule has 0 radical (unpaired) electrons. The van der Waals surface area contributed by atoms with Crippen LogP contribution in [0.3, 0.4) is 0 Å². The highest BCUT2D eigenvalue weighted by molar-refractivity contribution is 5.79. The van der Waals surface area contributed by atoms with Crippen molar-refractivity contribution in [3.05, 3.63) is 35.4 Å². The first-order valence-corrected chi connectivity index (χ1v) is 8.86. The van der Waals surface area contributed by atoms with E-state index in [1.165, 1.54) is 17.5 Å². The molecule has 0 bridgehead atoms. The van der Waals surface area contributed by atoms with E-state index in [4.69, 9.17) is 9.47 Å². The molecule has 5 heteroatoms. The van der Waals surface area contributed by atoms with Gasteiger partial charge < -0.3 is 20.1 Å². The van der Waals surface area contributed by atoms with Crippen molar-refractivity contribution in [3.8, 4) is 0 Å². The fourth-order valence-electron chi connectivity index (χ4n) is 3.05. The number of nitrogens with one attached hydrogen (secondary N) is 2. The van der Waals surface area contributed by atoms with Crippen molar-refractivity contribution in [2.24, 2.45) is 10.9 Å². The third-order valence-corrected chi connectivity index (χ3v) is 4.42. The highest BCUT2D eigenvalue weighted by Crippen LogP contribution is 2.33. The summed E-state index contributed by atoms with van der Waals surface area (Å²) in [6.07, 6.45) is 3.43. The van der Waals surface area contributed by atoms with E-state index in [2.05, 4.69) is 46.8 Å². The van der Waals surface area contributed by atoms with E-state index in [0.717, 1.165) is 45.1 Å². The average Bonchev–Trinajstić information content (AvgIpc) is 2.62. The maximum atomic E-state index is 6.08. The fraction of sp³-hybridized carbons (Fsp3) is 0.632. The van der Waals surface area contributed by atoms with Gasteiger partial charge in [0.05, 0.1) is 6.10 Å². The van der Waals surface area contributed by atoms with Gasteiger partial charge in [-0.3, -0.25) is 4.99 Å². The van der Waals surface area contributed by atoms with Crippen LogP contribution in [0.15, 0.2) is 29.3 Å². The molecule has 1 heterocycles. The molecule has 0 aromatic heterocycles. The fourth-order valence-corrected chi connectivity index (χ4v) is 3.05. The molecule has 24 heavy (non-hydrogen) atoms. The van der Waals surface area contributed by atoms with Gasteiger partial charge >= 0.3 is 0 Å². The molecule has 1 saturated heterocycles. The number of benzene rings is 1. The highest BCUT2D eigenvalue weighted by Gasteiger charge is 2.27. The van der Waals surface area contributed by atoms with Crippen molar-refractivity contribution in [2.45, 2.75) is 32.3 Å². The molecule has 2 rings (SSSR count). The molecule has 1 aromatic carbocycles. The van der Waals surface area contributed by atoms with Gasteiger partial charge in [0.2, 0.25) is 0 Å². The van der Waals surface area contributed by atoms with Crippen LogP contribution in [0.1, 0.15) is 36.5 Å². The smallest absolute Gasteiger partial charge is 0.190 e. The molecule has 5 nitrogen and oxygen atoms in total. The summed E-state index contributed by atoms with van der Waals surface area (Å²) in [6, 6.07) is 8.70. The lowest BCUT2D eigenvalue weighted by atomic mass is 9.89. The second-order valence-corrected chi connectivity index (χ2v) is 6.33. The Morgan fingerprint density at radius 2 is 2.08 bits per heavy atom. The van der Waals surface area contributed by atoms with E-state index in [-0.39, 0.29) is 6.10 Å². The summed E-state index contributed by atoms with van der Waals surface area (Å²) in [5.41, 5.74) is 2.56. The zero-order chi connectivity index (χ0) is 17.2. The minimum atomic E-state index is 0.165. The van der Waals surface area contributed by atoms with Crippen LogP contribution in [-0.4, -0.2) is 46.4 Å². The number of hydrogen-bond donors (Lipinski definition) is 2. The van der Waals surface area contributed by atoms with Gasteiger partial charge in [-0.05, 0) is 31.7 Å². The summed E-state index contributed by atoms with van der Waals surface area (Å²) in [5.74, 6) is 1.30. The molecule has 0 aliphatic carbocycles. The van der Waals surface area contributed by atoms with Crippen LogP contribution in [0.4, 0.5) is 0 Å². The van der Waals surface area contributed by atoms with Crippen LogP contribution >= 0.6 is 0 Å². The molecule has 1 fully saturated rings. The van der Waals surface area contributed by atoms with Gasteiger partial charge in [0.15, 0.2) is 5.96 Å². The van der Waals surface area contributed by atoms with Gasteiger partial charge in [0.25, 0.3) is 0 Å². The van der Waals surface area contributed by atoms with Crippen LogP contribution in [0.25, 0.3) is 0 Å². The minimum Gasteiger partial charge on any atom is -0.385 e. The van der Waals surface area contributed by atoms with Gasteiger partial charge in [0.1, 0.15) is 0 Å². The summed E-state index contributed by atoms with van der Waals surface area (Å²) in [6.45, 7) is 5.44. The first kappa shape index (κ1) is 18.7. The summed E-state index contributed by atoms with van der Waals surface area (Å²) < 4.78 is 11.1. The van der Waals surface area contributed by atoms with E-state index in [0.29, 0.717) is 5.92 Å². The summed E-state index contributed by atoms with van der Waals surface area (Å²) in [5, 5.41) is 6.77. The Morgan fingerprint density at radius 3 is 2.79 bits per heavy atom. The molecule has 1 aromatic rings. The molecular weight excluding hydrogens is 302 g/mol. The van der Waals surface area contributed by atoms with Crippen LogP contribution in [-0.2, 0) is 9.47 Å². The number of rotatable bonds is 7. The van der Waals surface area contributed by atoms with E-state index in [9.17, 15) is 0 Å². The minimum absolute atomic E-state index is 0.165. The van der Waals surface area contributed by atoms with Crippen molar-refractivity contribution in [1.29, 1.82) is 0 Å². The predicted octanol–water partition coefficient (Wildman–Crippen LogP) is 2.66. The highest BCUT2D eigenvalue weighted by atomic mass is 16.5. The molecule has 1 aliphatic heterocycles. The molecule has 1 aliphatic rings. The third kappa shape index (κ3) is 5.80. The maximum absolute atomic E-state index is 6.08. The topological polar surface area (TPSA) is 54.9 Å². The van der Waals surface area contributed by atoms with Crippen molar-refractivity contribution in [3.63, 3.8) is 0 Å². The lowest BCUT2D eigenvalue weighted by Crippen LogP contribution is -2.42. The van der Waals surface area contributed by atoms with Gasteiger partial charge in [-0.15, -0.1) is 0 Å². The van der Waals surface area contributed by atoms with Crippen molar-refractivity contribution < 1.29 is 9.47 Å². The first-order chi connectivity index (χ1) is 11.7. The molecular formula is C19H31N3O2. The zero-order valence-corrected chi connectivity index (χ0v) is 15.2. The summed E-state index contributed by atoms with van der Waals surface area (Å²) in [4.78, 5) is 4.29. The standard InChI is InChI=1S/C19H31N3O2/c1-15-7-9-16(10-8-15)18-17(6-4-13-24-18)14-22-19(20-2)21-11-5-12-23-3/h7-10,17-18H,4-6,11-14H2,1-3H3,(H2,20,21,22). The van der Waals surface area contributed by atoms with Gasteiger partial charge in [0, 0.05) is 46.4 Å². The van der Waals surface area contributed by atoms with Crippen LogP contribution < -0.4 is 10.6 Å². The van der Waals surface area contributed by atoms with Crippen molar-refractivity contribution in [1.82, 2.24) is 10.6 Å². The Labute approximate surface area is 145 Å². The van der Waals surface area contributed by atoms with Gasteiger partial charge in [-0.25, -0.2) is 0 Å². The second-order valence-electron chi connectivity index (χ2n) is 6.33. The Hall–Kier alpha value is -1.59. The van der Waals surface area contributed by atoms with E-state index in [1.807, 2.05) is 0 Å².